The Balaban J connectivity index is 3.31. The van der Waals surface area contributed by atoms with Crippen LogP contribution in [-0.2, 0) is 9.53 Å². The molecule has 0 aromatic heterocycles. The van der Waals surface area contributed by atoms with Gasteiger partial charge in [0.1, 0.15) is 0 Å². The van der Waals surface area contributed by atoms with E-state index in [1.165, 1.54) is 24.3 Å². The van der Waals surface area contributed by atoms with Crippen molar-refractivity contribution in [3.8, 4) is 0 Å². The minimum absolute atomic E-state index is 0.0378. The van der Waals surface area contributed by atoms with Gasteiger partial charge in [-0.3, -0.25) is 0 Å². The van der Waals surface area contributed by atoms with E-state index in [0.717, 1.165) is 6.92 Å². The number of alkyl halides is 3. The van der Waals surface area contributed by atoms with Crippen molar-refractivity contribution in [3.63, 3.8) is 0 Å². The number of benzene rings is 1. The molecule has 1 rings (SSSR count). The van der Waals surface area contributed by atoms with Crippen LogP contribution in [-0.4, -0.2) is 18.8 Å². The lowest BCUT2D eigenvalue weighted by atomic mass is 10.0. The van der Waals surface area contributed by atoms with Crippen LogP contribution in [0.5, 0.6) is 0 Å². The Bertz CT molecular complexity index is 447. The zero-order valence-electron chi connectivity index (χ0n) is 10.0. The molecule has 0 bridgehead atoms. The molecule has 0 aliphatic rings. The van der Waals surface area contributed by atoms with Gasteiger partial charge in [-0.1, -0.05) is 30.3 Å². The lowest BCUT2D eigenvalue weighted by Gasteiger charge is -2.15. The highest BCUT2D eigenvalue weighted by molar-refractivity contribution is 5.98. The summed E-state index contributed by atoms with van der Waals surface area (Å²) in [5, 5.41) is 0. The maximum absolute atomic E-state index is 13.0. The summed E-state index contributed by atoms with van der Waals surface area (Å²) in [7, 11) is 0. The molecule has 0 amide bonds. The van der Waals surface area contributed by atoms with Gasteiger partial charge >= 0.3 is 12.1 Å². The van der Waals surface area contributed by atoms with E-state index >= 15 is 0 Å². The third-order valence-corrected chi connectivity index (χ3v) is 2.30. The van der Waals surface area contributed by atoms with E-state index in [0.29, 0.717) is 0 Å². The molecule has 1 aromatic carbocycles. The second kappa shape index (κ2) is 5.71. The number of hydrogen-bond acceptors (Lipinski definition) is 2. The Hall–Kier alpha value is -1.78. The van der Waals surface area contributed by atoms with Crippen LogP contribution < -0.4 is 0 Å². The minimum Gasteiger partial charge on any atom is -0.463 e. The van der Waals surface area contributed by atoms with Crippen molar-refractivity contribution >= 4 is 11.5 Å². The van der Waals surface area contributed by atoms with Crippen molar-refractivity contribution < 1.29 is 22.7 Å². The molecule has 0 radical (unpaired) electrons. The van der Waals surface area contributed by atoms with Gasteiger partial charge in [0.25, 0.3) is 0 Å². The predicted octanol–water partition coefficient (Wildman–Crippen LogP) is 3.59. The highest BCUT2D eigenvalue weighted by Gasteiger charge is 2.38. The molecule has 5 heteroatoms. The summed E-state index contributed by atoms with van der Waals surface area (Å²) in [6.07, 6.45) is -4.60. The highest BCUT2D eigenvalue weighted by atomic mass is 19.4. The Kier molecular flexibility index (Phi) is 4.53. The van der Waals surface area contributed by atoms with Crippen LogP contribution in [0, 0.1) is 0 Å². The zero-order chi connectivity index (χ0) is 13.8. The smallest absolute Gasteiger partial charge is 0.417 e. The van der Waals surface area contributed by atoms with Crippen molar-refractivity contribution in [2.45, 2.75) is 20.0 Å². The van der Waals surface area contributed by atoms with Crippen molar-refractivity contribution in [1.29, 1.82) is 0 Å². The van der Waals surface area contributed by atoms with Crippen molar-refractivity contribution in [2.24, 2.45) is 0 Å². The summed E-state index contributed by atoms with van der Waals surface area (Å²) in [4.78, 5) is 11.4. The molecule has 0 aliphatic carbocycles. The maximum Gasteiger partial charge on any atom is 0.417 e. The van der Waals surface area contributed by atoms with Gasteiger partial charge in [-0.25, -0.2) is 4.79 Å². The second-order valence-electron chi connectivity index (χ2n) is 3.58. The number of esters is 1. The van der Waals surface area contributed by atoms with Gasteiger partial charge in [0.2, 0.25) is 0 Å². The van der Waals surface area contributed by atoms with Gasteiger partial charge in [0.15, 0.2) is 0 Å². The van der Waals surface area contributed by atoms with E-state index in [9.17, 15) is 18.0 Å². The summed E-state index contributed by atoms with van der Waals surface area (Å²) in [6, 6.07) is 7.20. The van der Waals surface area contributed by atoms with Crippen LogP contribution in [0.25, 0.3) is 5.57 Å². The quantitative estimate of drug-likeness (QED) is 0.611. The highest BCUT2D eigenvalue weighted by Crippen LogP contribution is 2.36. The van der Waals surface area contributed by atoms with Crippen LogP contribution in [0.4, 0.5) is 13.2 Å². The van der Waals surface area contributed by atoms with Crippen molar-refractivity contribution in [3.05, 3.63) is 41.5 Å². The number of carbonyl (C=O) groups is 1. The van der Waals surface area contributed by atoms with E-state index in [-0.39, 0.29) is 12.2 Å². The van der Waals surface area contributed by atoms with Gasteiger partial charge in [-0.2, -0.15) is 13.2 Å². The van der Waals surface area contributed by atoms with E-state index in [2.05, 4.69) is 4.74 Å². The molecule has 0 aliphatic heterocycles. The molecule has 0 unspecified atom stereocenters. The Morgan fingerprint density at radius 3 is 2.22 bits per heavy atom. The van der Waals surface area contributed by atoms with Crippen LogP contribution in [0.3, 0.4) is 0 Å². The SMILES string of the molecule is CCOC(=O)/C(C)=C(\c1ccccc1)C(F)(F)F. The first-order valence-electron chi connectivity index (χ1n) is 5.38. The maximum atomic E-state index is 13.0. The van der Waals surface area contributed by atoms with Crippen molar-refractivity contribution in [2.75, 3.05) is 6.61 Å². The van der Waals surface area contributed by atoms with Crippen LogP contribution in [0.1, 0.15) is 19.4 Å². The number of carbonyl (C=O) groups excluding carboxylic acids is 1. The molecule has 0 atom stereocenters. The molecular formula is C13H13F3O2. The first-order chi connectivity index (χ1) is 8.38. The minimum atomic E-state index is -4.60. The summed E-state index contributed by atoms with van der Waals surface area (Å²) in [5.41, 5.74) is -1.44. The number of halogens is 3. The average Bonchev–Trinajstić information content (AvgIpc) is 2.29. The van der Waals surface area contributed by atoms with Crippen LogP contribution in [0.2, 0.25) is 0 Å². The molecule has 0 N–H and O–H groups in total. The Morgan fingerprint density at radius 2 is 1.78 bits per heavy atom. The molecule has 18 heavy (non-hydrogen) atoms. The molecule has 0 fully saturated rings. The summed E-state index contributed by atoms with van der Waals surface area (Å²) in [6.45, 7) is 2.70. The summed E-state index contributed by atoms with van der Waals surface area (Å²) >= 11 is 0. The third-order valence-electron chi connectivity index (χ3n) is 2.30. The lowest BCUT2D eigenvalue weighted by molar-refractivity contribution is -0.138. The van der Waals surface area contributed by atoms with Gasteiger partial charge in [0.05, 0.1) is 12.2 Å². The predicted molar refractivity (Wildman–Crippen MR) is 61.7 cm³/mol. The van der Waals surface area contributed by atoms with Gasteiger partial charge in [-0.15, -0.1) is 0 Å². The normalized spacial score (nSPS) is 12.9. The Labute approximate surface area is 103 Å². The zero-order valence-corrected chi connectivity index (χ0v) is 10.0. The molecule has 98 valence electrons. The fraction of sp³-hybridized carbons (Fsp3) is 0.308. The third kappa shape index (κ3) is 3.35. The summed E-state index contributed by atoms with van der Waals surface area (Å²) in [5.74, 6) is -0.950. The molecule has 0 saturated carbocycles. The molecule has 0 saturated heterocycles. The van der Waals surface area contributed by atoms with E-state index in [1.807, 2.05) is 0 Å². The fourth-order valence-corrected chi connectivity index (χ4v) is 1.54. The standard InChI is InChI=1S/C13H13F3O2/c1-3-18-12(17)9(2)11(13(14,15)16)10-7-5-4-6-8-10/h4-8H,3H2,1-2H3/b11-9+. The van der Waals surface area contributed by atoms with E-state index in [1.54, 1.807) is 13.0 Å². The Morgan fingerprint density at radius 1 is 1.22 bits per heavy atom. The molecule has 1 aromatic rings. The average molecular weight is 258 g/mol. The monoisotopic (exact) mass is 258 g/mol. The fourth-order valence-electron chi connectivity index (χ4n) is 1.54. The van der Waals surface area contributed by atoms with E-state index in [4.69, 9.17) is 0 Å². The van der Waals surface area contributed by atoms with E-state index < -0.39 is 23.3 Å². The lowest BCUT2D eigenvalue weighted by Crippen LogP contribution is -2.17. The van der Waals surface area contributed by atoms with Crippen LogP contribution >= 0.6 is 0 Å². The topological polar surface area (TPSA) is 26.3 Å². The molecule has 0 heterocycles. The number of ether oxygens (including phenoxy) is 1. The number of hydrogen-bond donors (Lipinski definition) is 0. The largest absolute Gasteiger partial charge is 0.463 e. The summed E-state index contributed by atoms with van der Waals surface area (Å²) < 4.78 is 43.6. The van der Waals surface area contributed by atoms with Gasteiger partial charge in [-0.05, 0) is 19.4 Å². The number of allylic oxidation sites excluding steroid dienone is 1. The second-order valence-corrected chi connectivity index (χ2v) is 3.58. The molecular weight excluding hydrogens is 245 g/mol. The van der Waals surface area contributed by atoms with Gasteiger partial charge in [0, 0.05) is 5.57 Å². The number of rotatable bonds is 3. The molecule has 2 nitrogen and oxygen atoms in total. The van der Waals surface area contributed by atoms with Crippen LogP contribution in [0.15, 0.2) is 35.9 Å². The first-order valence-corrected chi connectivity index (χ1v) is 5.38. The first kappa shape index (κ1) is 14.3. The van der Waals surface area contributed by atoms with Gasteiger partial charge < -0.3 is 4.74 Å². The van der Waals surface area contributed by atoms with Crippen molar-refractivity contribution in [1.82, 2.24) is 0 Å². The molecule has 0 spiro atoms.